The van der Waals surface area contributed by atoms with Gasteiger partial charge in [0.25, 0.3) is 0 Å². The fraction of sp³-hybridized carbons (Fsp3) is 0.588. The van der Waals surface area contributed by atoms with Crippen LogP contribution in [0.2, 0.25) is 0 Å². The van der Waals surface area contributed by atoms with E-state index >= 15 is 0 Å². The van der Waals surface area contributed by atoms with Gasteiger partial charge in [-0.3, -0.25) is 0 Å². The SMILES string of the molecule is Cc1nc2ccccc2n1C[C@H](O)CN1CCC(C)CC1. The van der Waals surface area contributed by atoms with Crippen LogP contribution in [0.25, 0.3) is 11.0 Å². The molecule has 1 aromatic carbocycles. The number of hydrogen-bond acceptors (Lipinski definition) is 3. The van der Waals surface area contributed by atoms with Gasteiger partial charge in [0.15, 0.2) is 0 Å². The monoisotopic (exact) mass is 287 g/mol. The smallest absolute Gasteiger partial charge is 0.106 e. The Bertz CT molecular complexity index is 599. The van der Waals surface area contributed by atoms with E-state index in [-0.39, 0.29) is 6.10 Å². The van der Waals surface area contributed by atoms with Crippen molar-refractivity contribution < 1.29 is 5.11 Å². The minimum Gasteiger partial charge on any atom is -0.390 e. The number of imidazole rings is 1. The fourth-order valence-corrected chi connectivity index (χ4v) is 3.24. The van der Waals surface area contributed by atoms with Crippen molar-refractivity contribution in [2.45, 2.75) is 39.3 Å². The first-order valence-electron chi connectivity index (χ1n) is 7.96. The molecule has 0 spiro atoms. The topological polar surface area (TPSA) is 41.3 Å². The molecule has 21 heavy (non-hydrogen) atoms. The Morgan fingerprint density at radius 2 is 1.95 bits per heavy atom. The number of benzene rings is 1. The van der Waals surface area contributed by atoms with E-state index in [1.807, 2.05) is 25.1 Å². The normalized spacial score (nSPS) is 19.2. The summed E-state index contributed by atoms with van der Waals surface area (Å²) in [6.45, 7) is 7.94. The summed E-state index contributed by atoms with van der Waals surface area (Å²) in [7, 11) is 0. The second kappa shape index (κ2) is 6.16. The molecule has 1 saturated heterocycles. The number of fused-ring (bicyclic) bond motifs is 1. The lowest BCUT2D eigenvalue weighted by atomic mass is 9.99. The third-order valence-corrected chi connectivity index (χ3v) is 4.58. The molecule has 1 aliphatic rings. The van der Waals surface area contributed by atoms with E-state index in [0.717, 1.165) is 42.4 Å². The van der Waals surface area contributed by atoms with Crippen molar-refractivity contribution in [2.75, 3.05) is 19.6 Å². The van der Waals surface area contributed by atoms with Crippen LogP contribution in [-0.4, -0.2) is 45.3 Å². The predicted octanol–water partition coefficient (Wildman–Crippen LogP) is 2.44. The first-order valence-corrected chi connectivity index (χ1v) is 7.96. The van der Waals surface area contributed by atoms with E-state index in [9.17, 15) is 5.11 Å². The largest absolute Gasteiger partial charge is 0.390 e. The standard InChI is InChI=1S/C17H25N3O/c1-13-7-9-19(10-8-13)11-15(21)12-20-14(2)18-16-5-3-4-6-17(16)20/h3-6,13,15,21H,7-12H2,1-2H3/t15-/m1/s1. The van der Waals surface area contributed by atoms with Crippen molar-refractivity contribution in [3.8, 4) is 0 Å². The molecule has 0 unspecified atom stereocenters. The molecule has 1 atom stereocenters. The number of β-amino-alcohol motifs (C(OH)–C–C–N with tert-alkyl or cyclic N) is 1. The number of para-hydroxylation sites is 2. The summed E-state index contributed by atoms with van der Waals surface area (Å²) < 4.78 is 2.13. The molecule has 114 valence electrons. The number of piperidine rings is 1. The quantitative estimate of drug-likeness (QED) is 0.939. The Morgan fingerprint density at radius 3 is 2.71 bits per heavy atom. The van der Waals surface area contributed by atoms with E-state index in [2.05, 4.69) is 27.4 Å². The van der Waals surface area contributed by atoms with Crippen molar-refractivity contribution in [3.63, 3.8) is 0 Å². The average Bonchev–Trinajstić information content (AvgIpc) is 2.78. The van der Waals surface area contributed by atoms with E-state index in [4.69, 9.17) is 0 Å². The summed E-state index contributed by atoms with van der Waals surface area (Å²) >= 11 is 0. The van der Waals surface area contributed by atoms with Crippen molar-refractivity contribution >= 4 is 11.0 Å². The molecule has 0 radical (unpaired) electrons. The lowest BCUT2D eigenvalue weighted by Gasteiger charge is -2.31. The molecule has 2 heterocycles. The molecule has 1 aromatic heterocycles. The Labute approximate surface area is 126 Å². The number of rotatable bonds is 4. The number of aryl methyl sites for hydroxylation is 1. The molecular formula is C17H25N3O. The minimum absolute atomic E-state index is 0.338. The van der Waals surface area contributed by atoms with Gasteiger partial charge >= 0.3 is 0 Å². The average molecular weight is 287 g/mol. The van der Waals surface area contributed by atoms with Crippen molar-refractivity contribution in [3.05, 3.63) is 30.1 Å². The molecule has 0 aliphatic carbocycles. The van der Waals surface area contributed by atoms with Crippen molar-refractivity contribution in [1.82, 2.24) is 14.5 Å². The summed E-state index contributed by atoms with van der Waals surface area (Å²) in [5.74, 6) is 1.81. The summed E-state index contributed by atoms with van der Waals surface area (Å²) in [5, 5.41) is 10.4. The zero-order valence-electron chi connectivity index (χ0n) is 13.0. The number of aliphatic hydroxyl groups excluding tert-OH is 1. The van der Waals surface area contributed by atoms with Gasteiger partial charge in [0, 0.05) is 6.54 Å². The third-order valence-electron chi connectivity index (χ3n) is 4.58. The van der Waals surface area contributed by atoms with E-state index < -0.39 is 0 Å². The lowest BCUT2D eigenvalue weighted by molar-refractivity contribution is 0.0805. The second-order valence-corrected chi connectivity index (χ2v) is 6.40. The third kappa shape index (κ3) is 3.27. The molecule has 2 aromatic rings. The molecule has 4 heteroatoms. The number of likely N-dealkylation sites (tertiary alicyclic amines) is 1. The summed E-state index contributed by atoms with van der Waals surface area (Å²) in [4.78, 5) is 6.95. The Balaban J connectivity index is 1.66. The van der Waals surface area contributed by atoms with Crippen LogP contribution in [0.15, 0.2) is 24.3 Å². The number of nitrogens with zero attached hydrogens (tertiary/aromatic N) is 3. The van der Waals surface area contributed by atoms with Crippen LogP contribution in [0.5, 0.6) is 0 Å². The first-order chi connectivity index (χ1) is 10.1. The Hall–Kier alpha value is -1.39. The highest BCUT2D eigenvalue weighted by Gasteiger charge is 2.19. The summed E-state index contributed by atoms with van der Waals surface area (Å²) in [5.41, 5.74) is 2.12. The molecule has 0 amide bonds. The van der Waals surface area contributed by atoms with Crippen LogP contribution in [0, 0.1) is 12.8 Å². The zero-order chi connectivity index (χ0) is 14.8. The maximum atomic E-state index is 10.4. The van der Waals surface area contributed by atoms with Crippen LogP contribution >= 0.6 is 0 Å². The number of aromatic nitrogens is 2. The van der Waals surface area contributed by atoms with Gasteiger partial charge in [0.1, 0.15) is 5.82 Å². The fourth-order valence-electron chi connectivity index (χ4n) is 3.24. The molecule has 3 rings (SSSR count). The van der Waals surface area contributed by atoms with Crippen LogP contribution in [-0.2, 0) is 6.54 Å². The molecule has 1 N–H and O–H groups in total. The van der Waals surface area contributed by atoms with Gasteiger partial charge in [0.05, 0.1) is 23.7 Å². The minimum atomic E-state index is -0.338. The zero-order valence-corrected chi connectivity index (χ0v) is 13.0. The molecule has 0 bridgehead atoms. The van der Waals surface area contributed by atoms with Crippen molar-refractivity contribution in [2.24, 2.45) is 5.92 Å². The van der Waals surface area contributed by atoms with E-state index in [1.54, 1.807) is 0 Å². The van der Waals surface area contributed by atoms with Gasteiger partial charge in [-0.15, -0.1) is 0 Å². The van der Waals surface area contributed by atoms with Crippen molar-refractivity contribution in [1.29, 1.82) is 0 Å². The Morgan fingerprint density at radius 1 is 1.24 bits per heavy atom. The van der Waals surface area contributed by atoms with Crippen LogP contribution in [0.1, 0.15) is 25.6 Å². The maximum absolute atomic E-state index is 10.4. The molecule has 4 nitrogen and oxygen atoms in total. The highest BCUT2D eigenvalue weighted by Crippen LogP contribution is 2.18. The highest BCUT2D eigenvalue weighted by molar-refractivity contribution is 5.75. The van der Waals surface area contributed by atoms with E-state index in [0.29, 0.717) is 6.54 Å². The molecular weight excluding hydrogens is 262 g/mol. The molecule has 1 fully saturated rings. The van der Waals surface area contributed by atoms with Gasteiger partial charge in [-0.25, -0.2) is 4.98 Å². The Kier molecular flexibility index (Phi) is 4.27. The van der Waals surface area contributed by atoms with Gasteiger partial charge in [-0.2, -0.15) is 0 Å². The molecule has 0 saturated carbocycles. The predicted molar refractivity (Wildman–Crippen MR) is 85.3 cm³/mol. The summed E-state index contributed by atoms with van der Waals surface area (Å²) in [6, 6.07) is 8.13. The highest BCUT2D eigenvalue weighted by atomic mass is 16.3. The summed E-state index contributed by atoms with van der Waals surface area (Å²) in [6.07, 6.45) is 2.16. The second-order valence-electron chi connectivity index (χ2n) is 6.40. The maximum Gasteiger partial charge on any atom is 0.106 e. The van der Waals surface area contributed by atoms with Gasteiger partial charge in [0.2, 0.25) is 0 Å². The molecule has 1 aliphatic heterocycles. The van der Waals surface area contributed by atoms with Gasteiger partial charge in [-0.1, -0.05) is 19.1 Å². The number of aliphatic hydroxyl groups is 1. The van der Waals surface area contributed by atoms with E-state index in [1.165, 1.54) is 12.8 Å². The van der Waals surface area contributed by atoms with Crippen LogP contribution in [0.3, 0.4) is 0 Å². The van der Waals surface area contributed by atoms with Crippen LogP contribution in [0.4, 0.5) is 0 Å². The van der Waals surface area contributed by atoms with Gasteiger partial charge < -0.3 is 14.6 Å². The van der Waals surface area contributed by atoms with Crippen LogP contribution < -0.4 is 0 Å². The van der Waals surface area contributed by atoms with Gasteiger partial charge in [-0.05, 0) is 50.9 Å². The number of hydrogen-bond donors (Lipinski definition) is 1. The lowest BCUT2D eigenvalue weighted by Crippen LogP contribution is -2.39. The first kappa shape index (κ1) is 14.5.